The highest BCUT2D eigenvalue weighted by molar-refractivity contribution is 5.95. The topological polar surface area (TPSA) is 17.1 Å². The zero-order chi connectivity index (χ0) is 14.3. The van der Waals surface area contributed by atoms with Gasteiger partial charge in [0.1, 0.15) is 0 Å². The standard InChI is InChI=1S/C9H10O.C9H12.2CH4/c1-7-5-3-4-6-9(7)8(2)10;1-3-9-7-5-4-6-8(9)2;;/h3-6H,1-2H3;4-7H,3H2,1-2H3;2*1H4. The van der Waals surface area contributed by atoms with Gasteiger partial charge in [-0.25, -0.2) is 0 Å². The number of rotatable bonds is 2. The first-order valence-electron chi connectivity index (χ1n) is 6.67. The lowest BCUT2D eigenvalue weighted by atomic mass is 10.1. The number of hydrogen-bond donors (Lipinski definition) is 0. The van der Waals surface area contributed by atoms with E-state index in [0.29, 0.717) is 0 Å². The Hall–Kier alpha value is -1.89. The van der Waals surface area contributed by atoms with Crippen LogP contribution in [0.3, 0.4) is 0 Å². The van der Waals surface area contributed by atoms with Crippen LogP contribution in [0.15, 0.2) is 48.5 Å². The zero-order valence-electron chi connectivity index (χ0n) is 12.2. The van der Waals surface area contributed by atoms with E-state index in [2.05, 4.69) is 38.1 Å². The Labute approximate surface area is 131 Å². The van der Waals surface area contributed by atoms with Gasteiger partial charge in [0.05, 0.1) is 0 Å². The predicted octanol–water partition coefficient (Wildman–Crippen LogP) is 6.03. The maximum Gasteiger partial charge on any atom is 0.160 e. The van der Waals surface area contributed by atoms with Crippen LogP contribution in [0.2, 0.25) is 0 Å². The lowest BCUT2D eigenvalue weighted by Gasteiger charge is -1.98. The van der Waals surface area contributed by atoms with Crippen molar-refractivity contribution in [2.45, 2.75) is 49.0 Å². The monoisotopic (exact) mass is 286 g/mol. The van der Waals surface area contributed by atoms with Gasteiger partial charge in [-0.15, -0.1) is 0 Å². The minimum absolute atomic E-state index is 0. The Bertz CT molecular complexity index is 541. The second-order valence-corrected chi connectivity index (χ2v) is 4.65. The van der Waals surface area contributed by atoms with E-state index in [1.165, 1.54) is 11.1 Å². The Kier molecular flexibility index (Phi) is 11.1. The first-order chi connectivity index (χ1) is 9.06. The molecular weight excluding hydrogens is 256 g/mol. The van der Waals surface area contributed by atoms with Crippen molar-refractivity contribution in [3.8, 4) is 0 Å². The lowest BCUT2D eigenvalue weighted by Crippen LogP contribution is -1.93. The summed E-state index contributed by atoms with van der Waals surface area (Å²) in [5, 5.41) is 0. The first-order valence-corrected chi connectivity index (χ1v) is 6.67. The van der Waals surface area contributed by atoms with Crippen LogP contribution in [0, 0.1) is 13.8 Å². The van der Waals surface area contributed by atoms with Crippen molar-refractivity contribution in [1.82, 2.24) is 0 Å². The maximum atomic E-state index is 10.9. The fourth-order valence-electron chi connectivity index (χ4n) is 1.97. The normalized spacial score (nSPS) is 8.57. The van der Waals surface area contributed by atoms with E-state index >= 15 is 0 Å². The highest BCUT2D eigenvalue weighted by atomic mass is 16.1. The second-order valence-electron chi connectivity index (χ2n) is 4.65. The van der Waals surface area contributed by atoms with E-state index in [9.17, 15) is 4.79 Å². The van der Waals surface area contributed by atoms with Gasteiger partial charge >= 0.3 is 0 Å². The largest absolute Gasteiger partial charge is 0.295 e. The number of aryl methyl sites for hydroxylation is 3. The highest BCUT2D eigenvalue weighted by Crippen LogP contribution is 2.07. The van der Waals surface area contributed by atoms with Gasteiger partial charge < -0.3 is 0 Å². The summed E-state index contributed by atoms with van der Waals surface area (Å²) in [6.45, 7) is 7.86. The number of carbonyl (C=O) groups is 1. The van der Waals surface area contributed by atoms with Gasteiger partial charge in [0, 0.05) is 5.56 Å². The summed E-state index contributed by atoms with van der Waals surface area (Å²) >= 11 is 0. The fourth-order valence-corrected chi connectivity index (χ4v) is 1.97. The summed E-state index contributed by atoms with van der Waals surface area (Å²) in [4.78, 5) is 10.9. The molecule has 0 radical (unpaired) electrons. The molecule has 1 heteroatoms. The Morgan fingerprint density at radius 2 is 1.33 bits per heavy atom. The van der Waals surface area contributed by atoms with Crippen LogP contribution >= 0.6 is 0 Å². The molecule has 0 amide bonds. The highest BCUT2D eigenvalue weighted by Gasteiger charge is 1.99. The van der Waals surface area contributed by atoms with E-state index in [0.717, 1.165) is 17.5 Å². The minimum atomic E-state index is 0. The molecule has 0 aliphatic rings. The molecule has 0 atom stereocenters. The summed E-state index contributed by atoms with van der Waals surface area (Å²) in [5.41, 5.74) is 4.73. The first kappa shape index (κ1) is 21.4. The van der Waals surface area contributed by atoms with Crippen LogP contribution in [0.25, 0.3) is 0 Å². The third kappa shape index (κ3) is 6.89. The number of Topliss-reactive ketones (excluding diaryl/α,β-unsaturated/α-hetero) is 1. The smallest absolute Gasteiger partial charge is 0.160 e. The van der Waals surface area contributed by atoms with Crippen LogP contribution in [-0.2, 0) is 6.42 Å². The molecule has 21 heavy (non-hydrogen) atoms. The Morgan fingerprint density at radius 1 is 0.857 bits per heavy atom. The molecule has 0 heterocycles. The molecular formula is C20H30O. The number of carbonyl (C=O) groups excluding carboxylic acids is 1. The third-order valence-corrected chi connectivity index (χ3v) is 3.17. The van der Waals surface area contributed by atoms with Crippen molar-refractivity contribution in [1.29, 1.82) is 0 Å². The number of hydrogen-bond acceptors (Lipinski definition) is 1. The lowest BCUT2D eigenvalue weighted by molar-refractivity contribution is 0.101. The predicted molar refractivity (Wildman–Crippen MR) is 95.2 cm³/mol. The summed E-state index contributed by atoms with van der Waals surface area (Å²) < 4.78 is 0. The second kappa shape index (κ2) is 10.8. The quantitative estimate of drug-likeness (QED) is 0.616. The minimum Gasteiger partial charge on any atom is -0.295 e. The molecule has 116 valence electrons. The molecule has 1 nitrogen and oxygen atoms in total. The molecule has 0 saturated heterocycles. The van der Waals surface area contributed by atoms with E-state index < -0.39 is 0 Å². The van der Waals surface area contributed by atoms with Gasteiger partial charge in [-0.1, -0.05) is 70.3 Å². The number of benzene rings is 2. The third-order valence-electron chi connectivity index (χ3n) is 3.17. The molecule has 0 spiro atoms. The molecule has 0 unspecified atom stereocenters. The summed E-state index contributed by atoms with van der Waals surface area (Å²) in [5.74, 6) is 0.137. The van der Waals surface area contributed by atoms with E-state index in [4.69, 9.17) is 0 Å². The molecule has 0 aromatic heterocycles. The van der Waals surface area contributed by atoms with Crippen LogP contribution in [0.4, 0.5) is 0 Å². The molecule has 0 saturated carbocycles. The Morgan fingerprint density at radius 3 is 1.67 bits per heavy atom. The number of ketones is 1. The summed E-state index contributed by atoms with van der Waals surface area (Å²) in [6.07, 6.45) is 1.15. The van der Waals surface area contributed by atoms with Crippen molar-refractivity contribution in [2.75, 3.05) is 0 Å². The maximum absolute atomic E-state index is 10.9. The van der Waals surface area contributed by atoms with Crippen LogP contribution < -0.4 is 0 Å². The van der Waals surface area contributed by atoms with E-state index in [1.807, 2.05) is 31.2 Å². The van der Waals surface area contributed by atoms with E-state index in [1.54, 1.807) is 6.92 Å². The molecule has 0 fully saturated rings. The fraction of sp³-hybridized carbons (Fsp3) is 0.350. The van der Waals surface area contributed by atoms with Crippen LogP contribution in [-0.4, -0.2) is 5.78 Å². The van der Waals surface area contributed by atoms with Crippen molar-refractivity contribution in [3.63, 3.8) is 0 Å². The molecule has 0 bridgehead atoms. The van der Waals surface area contributed by atoms with Crippen molar-refractivity contribution >= 4 is 5.78 Å². The molecule has 2 rings (SSSR count). The van der Waals surface area contributed by atoms with Crippen LogP contribution in [0.5, 0.6) is 0 Å². The average Bonchev–Trinajstić information content (AvgIpc) is 2.40. The van der Waals surface area contributed by atoms with Gasteiger partial charge in [0.25, 0.3) is 0 Å². The summed E-state index contributed by atoms with van der Waals surface area (Å²) in [7, 11) is 0. The van der Waals surface area contributed by atoms with Crippen molar-refractivity contribution in [2.24, 2.45) is 0 Å². The van der Waals surface area contributed by atoms with Gasteiger partial charge in [-0.3, -0.25) is 4.79 Å². The van der Waals surface area contributed by atoms with E-state index in [-0.39, 0.29) is 20.6 Å². The van der Waals surface area contributed by atoms with Crippen molar-refractivity contribution in [3.05, 3.63) is 70.8 Å². The average molecular weight is 286 g/mol. The Balaban J connectivity index is 0. The molecule has 2 aromatic rings. The van der Waals surface area contributed by atoms with Gasteiger partial charge in [0.2, 0.25) is 0 Å². The van der Waals surface area contributed by atoms with Crippen LogP contribution in [0.1, 0.15) is 55.7 Å². The van der Waals surface area contributed by atoms with Gasteiger partial charge in [-0.05, 0) is 43.9 Å². The molecule has 0 aliphatic carbocycles. The SMILES string of the molecule is C.C.CC(=O)c1ccccc1C.CCc1ccccc1C. The van der Waals surface area contributed by atoms with Gasteiger partial charge in [-0.2, -0.15) is 0 Å². The zero-order valence-corrected chi connectivity index (χ0v) is 12.2. The van der Waals surface area contributed by atoms with Crippen molar-refractivity contribution < 1.29 is 4.79 Å². The van der Waals surface area contributed by atoms with Gasteiger partial charge in [0.15, 0.2) is 5.78 Å². The summed E-state index contributed by atoms with van der Waals surface area (Å²) in [6, 6.07) is 16.1. The molecule has 2 aromatic carbocycles. The molecule has 0 N–H and O–H groups in total. The molecule has 0 aliphatic heterocycles.